The van der Waals surface area contributed by atoms with E-state index in [1.165, 1.54) is 0 Å². The first kappa shape index (κ1) is 20.8. The summed E-state index contributed by atoms with van der Waals surface area (Å²) in [5, 5.41) is 6.60. The van der Waals surface area contributed by atoms with Crippen LogP contribution in [0.25, 0.3) is 0 Å². The molecule has 0 aliphatic heterocycles. The predicted molar refractivity (Wildman–Crippen MR) is 118 cm³/mol. The molecular formula is C21H16Cl4N2O. The Morgan fingerprint density at radius 2 is 1.57 bits per heavy atom. The minimum Gasteiger partial charge on any atom is -0.489 e. The van der Waals surface area contributed by atoms with E-state index < -0.39 is 0 Å². The highest BCUT2D eigenvalue weighted by atomic mass is 35.5. The summed E-state index contributed by atoms with van der Waals surface area (Å²) in [5.41, 5.74) is 5.56. The molecule has 0 aliphatic rings. The Morgan fingerprint density at radius 1 is 0.857 bits per heavy atom. The van der Waals surface area contributed by atoms with Gasteiger partial charge in [0.05, 0.1) is 12.8 Å². The van der Waals surface area contributed by atoms with E-state index in [2.05, 4.69) is 10.5 Å². The van der Waals surface area contributed by atoms with Crippen molar-refractivity contribution >= 4 is 52.6 Å². The molecule has 0 aromatic heterocycles. The zero-order valence-electron chi connectivity index (χ0n) is 14.6. The van der Waals surface area contributed by atoms with E-state index in [-0.39, 0.29) is 0 Å². The van der Waals surface area contributed by atoms with E-state index in [0.717, 1.165) is 22.4 Å². The Hall–Kier alpha value is -1.91. The van der Waals surface area contributed by atoms with Gasteiger partial charge in [0.25, 0.3) is 0 Å². The number of halogens is 4. The molecule has 0 saturated carbocycles. The van der Waals surface area contributed by atoms with Crippen LogP contribution in [0.2, 0.25) is 20.1 Å². The standard InChI is InChI=1S/C21H16Cl4N2O/c22-16-7-6-15(21(25)10-16)13-28-17-8-4-14(5-9-17)11-26-27-12-18-19(23)2-1-3-20(18)24/h1-11,27H,12-13H2/b26-11-. The molecule has 0 saturated heterocycles. The van der Waals surface area contributed by atoms with Gasteiger partial charge in [-0.1, -0.05) is 58.5 Å². The summed E-state index contributed by atoms with van der Waals surface area (Å²) in [6.45, 7) is 0.807. The SMILES string of the molecule is Clc1ccc(COc2ccc(/C=N\NCc3c(Cl)cccc3Cl)cc2)c(Cl)c1. The second kappa shape index (κ2) is 10.0. The number of ether oxygens (including phenoxy) is 1. The number of benzene rings is 3. The lowest BCUT2D eigenvalue weighted by Gasteiger charge is -2.08. The molecule has 28 heavy (non-hydrogen) atoms. The van der Waals surface area contributed by atoms with Crippen LogP contribution in [0.5, 0.6) is 5.75 Å². The molecule has 0 spiro atoms. The van der Waals surface area contributed by atoms with Gasteiger partial charge in [-0.05, 0) is 54.1 Å². The summed E-state index contributed by atoms with van der Waals surface area (Å²) >= 11 is 24.3. The molecule has 0 aliphatic carbocycles. The molecule has 0 radical (unpaired) electrons. The third-order valence-corrected chi connectivity index (χ3v) is 5.21. The quantitative estimate of drug-likeness (QED) is 0.308. The van der Waals surface area contributed by atoms with Gasteiger partial charge < -0.3 is 10.2 Å². The average molecular weight is 454 g/mol. The van der Waals surface area contributed by atoms with Crippen LogP contribution in [-0.4, -0.2) is 6.21 Å². The molecule has 0 atom stereocenters. The Bertz CT molecular complexity index is 954. The summed E-state index contributed by atoms with van der Waals surface area (Å²) in [6.07, 6.45) is 1.71. The maximum atomic E-state index is 6.15. The van der Waals surface area contributed by atoms with Crippen molar-refractivity contribution in [3.63, 3.8) is 0 Å². The minimum absolute atomic E-state index is 0.365. The van der Waals surface area contributed by atoms with Crippen molar-refractivity contribution in [2.24, 2.45) is 5.10 Å². The molecule has 0 bridgehead atoms. The highest BCUT2D eigenvalue weighted by molar-refractivity contribution is 6.36. The van der Waals surface area contributed by atoms with Crippen LogP contribution in [0, 0.1) is 0 Å². The third-order valence-electron chi connectivity index (χ3n) is 3.91. The Balaban J connectivity index is 1.52. The lowest BCUT2D eigenvalue weighted by molar-refractivity contribution is 0.306. The number of hydrogen-bond acceptors (Lipinski definition) is 3. The summed E-state index contributed by atoms with van der Waals surface area (Å²) in [6, 6.07) is 18.3. The first-order valence-corrected chi connectivity index (χ1v) is 9.90. The van der Waals surface area contributed by atoms with Crippen molar-refractivity contribution in [3.05, 3.63) is 97.4 Å². The van der Waals surface area contributed by atoms with Crippen LogP contribution in [0.4, 0.5) is 0 Å². The van der Waals surface area contributed by atoms with Crippen LogP contribution in [0.1, 0.15) is 16.7 Å². The van der Waals surface area contributed by atoms with Gasteiger partial charge in [-0.2, -0.15) is 5.10 Å². The predicted octanol–water partition coefficient (Wildman–Crippen LogP) is 7.00. The molecule has 3 aromatic rings. The van der Waals surface area contributed by atoms with Gasteiger partial charge in [0, 0.05) is 31.2 Å². The molecule has 7 heteroatoms. The summed E-state index contributed by atoms with van der Waals surface area (Å²) in [5.74, 6) is 0.735. The van der Waals surface area contributed by atoms with Crippen molar-refractivity contribution < 1.29 is 4.74 Å². The molecule has 1 N–H and O–H groups in total. The van der Waals surface area contributed by atoms with Crippen LogP contribution in [-0.2, 0) is 13.2 Å². The molecule has 144 valence electrons. The number of nitrogens with zero attached hydrogens (tertiary/aromatic N) is 1. The third kappa shape index (κ3) is 5.79. The summed E-state index contributed by atoms with van der Waals surface area (Å²) in [4.78, 5) is 0. The van der Waals surface area contributed by atoms with E-state index in [9.17, 15) is 0 Å². The fourth-order valence-corrected chi connectivity index (χ4v) is 3.39. The topological polar surface area (TPSA) is 33.6 Å². The van der Waals surface area contributed by atoms with Gasteiger partial charge in [-0.3, -0.25) is 0 Å². The molecular weight excluding hydrogens is 438 g/mol. The van der Waals surface area contributed by atoms with Crippen LogP contribution in [0.15, 0.2) is 65.8 Å². The monoisotopic (exact) mass is 452 g/mol. The van der Waals surface area contributed by atoms with Crippen LogP contribution in [0.3, 0.4) is 0 Å². The highest BCUT2D eigenvalue weighted by Gasteiger charge is 2.04. The van der Waals surface area contributed by atoms with E-state index in [4.69, 9.17) is 51.1 Å². The first-order chi connectivity index (χ1) is 13.5. The summed E-state index contributed by atoms with van der Waals surface area (Å²) in [7, 11) is 0. The van der Waals surface area contributed by atoms with Crippen molar-refractivity contribution in [2.45, 2.75) is 13.2 Å². The van der Waals surface area contributed by atoms with Gasteiger partial charge >= 0.3 is 0 Å². The normalized spacial score (nSPS) is 11.0. The fourth-order valence-electron chi connectivity index (χ4n) is 2.40. The molecule has 3 aromatic carbocycles. The van der Waals surface area contributed by atoms with E-state index >= 15 is 0 Å². The van der Waals surface area contributed by atoms with Gasteiger partial charge in [0.1, 0.15) is 12.4 Å². The Labute approximate surface area is 183 Å². The number of nitrogens with one attached hydrogen (secondary N) is 1. The second-order valence-electron chi connectivity index (χ2n) is 5.89. The highest BCUT2D eigenvalue weighted by Crippen LogP contribution is 2.24. The molecule has 0 fully saturated rings. The van der Waals surface area contributed by atoms with Crippen LogP contribution < -0.4 is 10.2 Å². The maximum absolute atomic E-state index is 6.15. The van der Waals surface area contributed by atoms with Crippen molar-refractivity contribution in [2.75, 3.05) is 0 Å². The molecule has 3 nitrogen and oxygen atoms in total. The molecule has 0 unspecified atom stereocenters. The molecule has 3 rings (SSSR count). The van der Waals surface area contributed by atoms with Gasteiger partial charge in [-0.15, -0.1) is 0 Å². The average Bonchev–Trinajstić information content (AvgIpc) is 2.67. The summed E-state index contributed by atoms with van der Waals surface area (Å²) < 4.78 is 5.76. The van der Waals surface area contributed by atoms with E-state index in [1.54, 1.807) is 30.5 Å². The number of rotatable bonds is 7. The van der Waals surface area contributed by atoms with Crippen molar-refractivity contribution in [1.29, 1.82) is 0 Å². The lowest BCUT2D eigenvalue weighted by Crippen LogP contribution is -2.06. The number of hydrazone groups is 1. The Kier molecular flexibility index (Phi) is 7.46. The van der Waals surface area contributed by atoms with Gasteiger partial charge in [-0.25, -0.2) is 0 Å². The zero-order chi connectivity index (χ0) is 19.9. The van der Waals surface area contributed by atoms with Crippen molar-refractivity contribution in [1.82, 2.24) is 5.43 Å². The maximum Gasteiger partial charge on any atom is 0.119 e. The lowest BCUT2D eigenvalue weighted by atomic mass is 10.2. The van der Waals surface area contributed by atoms with Gasteiger partial charge in [0.15, 0.2) is 0 Å². The molecule has 0 amide bonds. The van der Waals surface area contributed by atoms with E-state index in [1.807, 2.05) is 36.4 Å². The zero-order valence-corrected chi connectivity index (χ0v) is 17.7. The smallest absolute Gasteiger partial charge is 0.119 e. The largest absolute Gasteiger partial charge is 0.489 e. The fraction of sp³-hybridized carbons (Fsp3) is 0.0952. The first-order valence-electron chi connectivity index (χ1n) is 8.38. The van der Waals surface area contributed by atoms with Crippen molar-refractivity contribution in [3.8, 4) is 5.75 Å². The minimum atomic E-state index is 0.365. The van der Waals surface area contributed by atoms with Gasteiger partial charge in [0.2, 0.25) is 0 Å². The Morgan fingerprint density at radius 3 is 2.25 bits per heavy atom. The van der Waals surface area contributed by atoms with E-state index in [0.29, 0.717) is 33.2 Å². The van der Waals surface area contributed by atoms with Crippen LogP contribution >= 0.6 is 46.4 Å². The second-order valence-corrected chi connectivity index (χ2v) is 7.54. The number of hydrogen-bond donors (Lipinski definition) is 1. The molecule has 0 heterocycles.